The van der Waals surface area contributed by atoms with Crippen molar-refractivity contribution in [2.75, 3.05) is 26.2 Å². The second-order valence-electron chi connectivity index (χ2n) is 4.85. The largest absolute Gasteiger partial charge is 0.355 e. The van der Waals surface area contributed by atoms with E-state index in [1.54, 1.807) is 0 Å². The van der Waals surface area contributed by atoms with Crippen molar-refractivity contribution in [3.8, 4) is 6.07 Å². The third kappa shape index (κ3) is 2.53. The number of carbonyl (C=O) groups excluding carboxylic acids is 1. The Morgan fingerprint density at radius 1 is 1.38 bits per heavy atom. The summed E-state index contributed by atoms with van der Waals surface area (Å²) in [7, 11) is 0. The molecule has 0 unspecified atom stereocenters. The fraction of sp³-hybridized carbons (Fsp3) is 0.833. The van der Waals surface area contributed by atoms with Crippen molar-refractivity contribution >= 4 is 5.91 Å². The van der Waals surface area contributed by atoms with E-state index in [4.69, 9.17) is 5.26 Å². The van der Waals surface area contributed by atoms with E-state index in [0.717, 1.165) is 25.8 Å². The topological polar surface area (TPSA) is 56.1 Å². The number of likely N-dealkylation sites (tertiary alicyclic amines) is 1. The molecule has 1 amide bonds. The van der Waals surface area contributed by atoms with Crippen molar-refractivity contribution in [3.63, 3.8) is 0 Å². The SMILES string of the molecule is N#CC1(C(=O)NCCCN2CCCC2)CC1. The smallest absolute Gasteiger partial charge is 0.240 e. The van der Waals surface area contributed by atoms with E-state index in [1.807, 2.05) is 0 Å². The van der Waals surface area contributed by atoms with Crippen molar-refractivity contribution in [1.82, 2.24) is 10.2 Å². The van der Waals surface area contributed by atoms with Gasteiger partial charge in [-0.1, -0.05) is 0 Å². The highest BCUT2D eigenvalue weighted by Crippen LogP contribution is 2.44. The molecule has 2 fully saturated rings. The van der Waals surface area contributed by atoms with E-state index in [2.05, 4.69) is 16.3 Å². The van der Waals surface area contributed by atoms with E-state index in [1.165, 1.54) is 25.9 Å². The van der Waals surface area contributed by atoms with Crippen LogP contribution in [0, 0.1) is 16.7 Å². The van der Waals surface area contributed by atoms with Gasteiger partial charge in [-0.25, -0.2) is 0 Å². The van der Waals surface area contributed by atoms with Crippen LogP contribution in [0.2, 0.25) is 0 Å². The van der Waals surface area contributed by atoms with Gasteiger partial charge in [-0.15, -0.1) is 0 Å². The summed E-state index contributed by atoms with van der Waals surface area (Å²) >= 11 is 0. The Labute approximate surface area is 96.6 Å². The third-order valence-electron chi connectivity index (χ3n) is 3.53. The average Bonchev–Trinajstić information content (AvgIpc) is 2.94. The highest BCUT2D eigenvalue weighted by atomic mass is 16.2. The molecule has 1 N–H and O–H groups in total. The Hall–Kier alpha value is -1.08. The quantitative estimate of drug-likeness (QED) is 0.701. The molecular weight excluding hydrogens is 202 g/mol. The highest BCUT2D eigenvalue weighted by Gasteiger charge is 2.50. The Kier molecular flexibility index (Phi) is 3.45. The fourth-order valence-electron chi connectivity index (χ4n) is 2.19. The van der Waals surface area contributed by atoms with Gasteiger partial charge < -0.3 is 10.2 Å². The molecule has 1 heterocycles. The van der Waals surface area contributed by atoms with Gasteiger partial charge >= 0.3 is 0 Å². The molecule has 1 saturated carbocycles. The molecule has 4 nitrogen and oxygen atoms in total. The van der Waals surface area contributed by atoms with Gasteiger partial charge in [-0.05, 0) is 51.7 Å². The number of nitrogens with one attached hydrogen (secondary N) is 1. The third-order valence-corrected chi connectivity index (χ3v) is 3.53. The van der Waals surface area contributed by atoms with Crippen LogP contribution in [0.15, 0.2) is 0 Å². The second kappa shape index (κ2) is 4.84. The number of nitriles is 1. The molecule has 16 heavy (non-hydrogen) atoms. The maximum atomic E-state index is 11.6. The van der Waals surface area contributed by atoms with Crippen molar-refractivity contribution in [2.45, 2.75) is 32.1 Å². The van der Waals surface area contributed by atoms with Crippen LogP contribution in [0.3, 0.4) is 0 Å². The first-order chi connectivity index (χ1) is 7.77. The summed E-state index contributed by atoms with van der Waals surface area (Å²) in [5, 5.41) is 11.7. The van der Waals surface area contributed by atoms with Gasteiger partial charge in [0, 0.05) is 6.54 Å². The van der Waals surface area contributed by atoms with Gasteiger partial charge in [0.1, 0.15) is 5.41 Å². The van der Waals surface area contributed by atoms with Gasteiger partial charge in [0.25, 0.3) is 0 Å². The average molecular weight is 221 g/mol. The number of carbonyl (C=O) groups is 1. The lowest BCUT2D eigenvalue weighted by Crippen LogP contribution is -2.33. The molecule has 2 aliphatic rings. The standard InChI is InChI=1S/C12H19N3O/c13-10-12(4-5-12)11(16)14-6-3-9-15-7-1-2-8-15/h1-9H2,(H,14,16). The fourth-order valence-corrected chi connectivity index (χ4v) is 2.19. The highest BCUT2D eigenvalue weighted by molar-refractivity contribution is 5.88. The molecule has 0 spiro atoms. The molecule has 0 atom stereocenters. The van der Waals surface area contributed by atoms with Gasteiger partial charge in [-0.2, -0.15) is 5.26 Å². The second-order valence-corrected chi connectivity index (χ2v) is 4.85. The molecule has 4 heteroatoms. The first-order valence-electron chi connectivity index (χ1n) is 6.19. The van der Waals surface area contributed by atoms with Crippen LogP contribution in [0.1, 0.15) is 32.1 Å². The molecule has 1 aliphatic heterocycles. The minimum absolute atomic E-state index is 0.0589. The maximum Gasteiger partial charge on any atom is 0.240 e. The molecule has 2 rings (SSSR count). The molecule has 0 aromatic rings. The zero-order valence-corrected chi connectivity index (χ0v) is 9.67. The summed E-state index contributed by atoms with van der Waals surface area (Å²) in [5.74, 6) is -0.0589. The molecule has 0 bridgehead atoms. The van der Waals surface area contributed by atoms with Crippen LogP contribution in [-0.4, -0.2) is 37.0 Å². The first kappa shape index (κ1) is 11.4. The lowest BCUT2D eigenvalue weighted by molar-refractivity contribution is -0.124. The molecule has 0 aromatic heterocycles. The molecule has 88 valence electrons. The molecule has 0 radical (unpaired) electrons. The van der Waals surface area contributed by atoms with Crippen molar-refractivity contribution < 1.29 is 4.79 Å². The van der Waals surface area contributed by atoms with Gasteiger partial charge in [-0.3, -0.25) is 4.79 Å². The Balaban J connectivity index is 1.58. The summed E-state index contributed by atoms with van der Waals surface area (Å²) in [6, 6.07) is 2.11. The lowest BCUT2D eigenvalue weighted by Gasteiger charge is -2.14. The number of amides is 1. The van der Waals surface area contributed by atoms with Crippen molar-refractivity contribution in [2.24, 2.45) is 5.41 Å². The van der Waals surface area contributed by atoms with Crippen LogP contribution in [0.25, 0.3) is 0 Å². The number of hydrogen-bond acceptors (Lipinski definition) is 3. The lowest BCUT2D eigenvalue weighted by atomic mass is 10.1. The van der Waals surface area contributed by atoms with Gasteiger partial charge in [0.2, 0.25) is 5.91 Å². The van der Waals surface area contributed by atoms with Crippen LogP contribution < -0.4 is 5.32 Å². The zero-order chi connectivity index (χ0) is 11.4. The molecular formula is C12H19N3O. The molecule has 1 saturated heterocycles. The minimum atomic E-state index is -0.659. The molecule has 1 aliphatic carbocycles. The molecule has 0 aromatic carbocycles. The van der Waals surface area contributed by atoms with Crippen molar-refractivity contribution in [1.29, 1.82) is 5.26 Å². The predicted molar refractivity (Wildman–Crippen MR) is 60.6 cm³/mol. The first-order valence-corrected chi connectivity index (χ1v) is 6.19. The van der Waals surface area contributed by atoms with E-state index >= 15 is 0 Å². The summed E-state index contributed by atoms with van der Waals surface area (Å²) < 4.78 is 0. The summed E-state index contributed by atoms with van der Waals surface area (Å²) in [6.07, 6.45) is 5.09. The van der Waals surface area contributed by atoms with E-state index in [-0.39, 0.29) is 5.91 Å². The van der Waals surface area contributed by atoms with Gasteiger partial charge in [0.15, 0.2) is 0 Å². The number of hydrogen-bond donors (Lipinski definition) is 1. The predicted octanol–water partition coefficient (Wildman–Crippen LogP) is 0.892. The maximum absolute atomic E-state index is 11.6. The van der Waals surface area contributed by atoms with E-state index in [9.17, 15) is 4.79 Å². The van der Waals surface area contributed by atoms with Crippen LogP contribution in [0.4, 0.5) is 0 Å². The van der Waals surface area contributed by atoms with Crippen LogP contribution in [-0.2, 0) is 4.79 Å². The Morgan fingerprint density at radius 2 is 2.06 bits per heavy atom. The zero-order valence-electron chi connectivity index (χ0n) is 9.67. The monoisotopic (exact) mass is 221 g/mol. The number of rotatable bonds is 5. The van der Waals surface area contributed by atoms with Gasteiger partial charge in [0.05, 0.1) is 6.07 Å². The Bertz CT molecular complexity index is 298. The van der Waals surface area contributed by atoms with Crippen molar-refractivity contribution in [3.05, 3.63) is 0 Å². The van der Waals surface area contributed by atoms with Crippen LogP contribution in [0.5, 0.6) is 0 Å². The minimum Gasteiger partial charge on any atom is -0.355 e. The summed E-state index contributed by atoms with van der Waals surface area (Å²) in [4.78, 5) is 14.0. The normalized spacial score (nSPS) is 22.7. The van der Waals surface area contributed by atoms with Crippen LogP contribution >= 0.6 is 0 Å². The Morgan fingerprint density at radius 3 is 2.62 bits per heavy atom. The summed E-state index contributed by atoms with van der Waals surface area (Å²) in [6.45, 7) is 4.19. The van der Waals surface area contributed by atoms with E-state index in [0.29, 0.717) is 6.54 Å². The van der Waals surface area contributed by atoms with E-state index < -0.39 is 5.41 Å². The number of nitrogens with zero attached hydrogens (tertiary/aromatic N) is 2. The summed E-state index contributed by atoms with van der Waals surface area (Å²) in [5.41, 5.74) is -0.659.